The van der Waals surface area contributed by atoms with E-state index in [-0.39, 0.29) is 0 Å². The minimum atomic E-state index is 0.478. The summed E-state index contributed by atoms with van der Waals surface area (Å²) in [6, 6.07) is 9.91. The van der Waals surface area contributed by atoms with E-state index in [0.717, 1.165) is 17.7 Å². The van der Waals surface area contributed by atoms with Gasteiger partial charge >= 0.3 is 0 Å². The van der Waals surface area contributed by atoms with Gasteiger partial charge in [-0.1, -0.05) is 12.1 Å². The summed E-state index contributed by atoms with van der Waals surface area (Å²) in [7, 11) is 3.25. The van der Waals surface area contributed by atoms with E-state index in [1.165, 1.54) is 4.88 Å². The highest BCUT2D eigenvalue weighted by Crippen LogP contribution is 2.27. The Labute approximate surface area is 168 Å². The summed E-state index contributed by atoms with van der Waals surface area (Å²) in [6.45, 7) is 1.36. The maximum absolute atomic E-state index is 5.30. The number of hydrazine groups is 1. The van der Waals surface area contributed by atoms with Crippen molar-refractivity contribution in [3.63, 3.8) is 0 Å². The van der Waals surface area contributed by atoms with Crippen LogP contribution in [0.4, 0.5) is 0 Å². The molecule has 0 unspecified atom stereocenters. The second-order valence-electron chi connectivity index (χ2n) is 5.21. The van der Waals surface area contributed by atoms with Crippen molar-refractivity contribution in [1.29, 1.82) is 0 Å². The van der Waals surface area contributed by atoms with Gasteiger partial charge in [-0.25, -0.2) is 0 Å². The lowest BCUT2D eigenvalue weighted by atomic mass is 10.1. The number of ether oxygens (including phenoxy) is 2. The van der Waals surface area contributed by atoms with Crippen LogP contribution in [0.2, 0.25) is 0 Å². The molecule has 1 aromatic heterocycles. The summed E-state index contributed by atoms with van der Waals surface area (Å²) < 4.78 is 10.5. The summed E-state index contributed by atoms with van der Waals surface area (Å²) in [5.74, 6) is 1.43. The van der Waals surface area contributed by atoms with Crippen LogP contribution in [-0.2, 0) is 13.0 Å². The first kappa shape index (κ1) is 20.2. The standard InChI is InChI=1S/C17H22N4O2S3/c1-22-14-6-5-12(10-15(14)23-2)7-8-18-16(24)20-21-17(25)19-11-13-4-3-9-26-13/h3-6,9-10H,7-8,11H2,1-2H3,(H2,18,20,24)(H2,19,21,25). The van der Waals surface area contributed by atoms with Crippen LogP contribution in [0.15, 0.2) is 35.7 Å². The second kappa shape index (κ2) is 10.8. The molecule has 0 amide bonds. The Morgan fingerprint density at radius 2 is 1.73 bits per heavy atom. The Balaban J connectivity index is 1.64. The summed E-state index contributed by atoms with van der Waals surface area (Å²) in [4.78, 5) is 1.21. The normalized spacial score (nSPS) is 9.92. The van der Waals surface area contributed by atoms with Crippen molar-refractivity contribution in [3.8, 4) is 11.5 Å². The van der Waals surface area contributed by atoms with E-state index in [9.17, 15) is 0 Å². The molecule has 1 heterocycles. The molecule has 0 saturated carbocycles. The quantitative estimate of drug-likeness (QED) is 0.410. The van der Waals surface area contributed by atoms with E-state index in [1.807, 2.05) is 35.7 Å². The largest absolute Gasteiger partial charge is 0.493 e. The van der Waals surface area contributed by atoms with E-state index in [0.29, 0.717) is 29.1 Å². The molecule has 26 heavy (non-hydrogen) atoms. The van der Waals surface area contributed by atoms with Gasteiger partial charge in [0, 0.05) is 11.4 Å². The molecule has 0 bridgehead atoms. The van der Waals surface area contributed by atoms with Gasteiger partial charge in [0.05, 0.1) is 20.8 Å². The number of benzene rings is 1. The number of thiophene rings is 1. The lowest BCUT2D eigenvalue weighted by Gasteiger charge is -2.14. The Hall–Kier alpha value is -2.10. The maximum atomic E-state index is 5.30. The second-order valence-corrected chi connectivity index (χ2v) is 7.06. The molecule has 0 fully saturated rings. The molecule has 0 aliphatic heterocycles. The van der Waals surface area contributed by atoms with Crippen molar-refractivity contribution in [1.82, 2.24) is 21.5 Å². The van der Waals surface area contributed by atoms with E-state index in [2.05, 4.69) is 21.5 Å². The van der Waals surface area contributed by atoms with Crippen LogP contribution in [-0.4, -0.2) is 31.0 Å². The van der Waals surface area contributed by atoms with Crippen LogP contribution >= 0.6 is 35.8 Å². The molecule has 140 valence electrons. The van der Waals surface area contributed by atoms with Gasteiger partial charge in [-0.15, -0.1) is 11.3 Å². The van der Waals surface area contributed by atoms with Gasteiger partial charge in [-0.3, -0.25) is 10.9 Å². The van der Waals surface area contributed by atoms with E-state index in [1.54, 1.807) is 25.6 Å². The van der Waals surface area contributed by atoms with Crippen molar-refractivity contribution < 1.29 is 9.47 Å². The van der Waals surface area contributed by atoms with Gasteiger partial charge < -0.3 is 20.1 Å². The fourth-order valence-corrected chi connectivity index (χ4v) is 3.06. The van der Waals surface area contributed by atoms with Crippen molar-refractivity contribution in [2.75, 3.05) is 20.8 Å². The fraction of sp³-hybridized carbons (Fsp3) is 0.294. The number of thiocarbonyl (C=S) groups is 2. The monoisotopic (exact) mass is 410 g/mol. The van der Waals surface area contributed by atoms with Crippen LogP contribution < -0.4 is 31.0 Å². The molecule has 2 aromatic rings. The zero-order chi connectivity index (χ0) is 18.8. The van der Waals surface area contributed by atoms with Gasteiger partial charge in [0.2, 0.25) is 0 Å². The molecule has 0 atom stereocenters. The molecular weight excluding hydrogens is 388 g/mol. The maximum Gasteiger partial charge on any atom is 0.185 e. The summed E-state index contributed by atoms with van der Waals surface area (Å²) in [5, 5.41) is 9.22. The Bertz CT molecular complexity index is 723. The third-order valence-electron chi connectivity index (χ3n) is 3.44. The van der Waals surface area contributed by atoms with Gasteiger partial charge in [-0.05, 0) is 60.0 Å². The van der Waals surface area contributed by atoms with Crippen LogP contribution in [0.1, 0.15) is 10.4 Å². The van der Waals surface area contributed by atoms with Crippen LogP contribution in [0.5, 0.6) is 11.5 Å². The minimum Gasteiger partial charge on any atom is -0.493 e. The van der Waals surface area contributed by atoms with Crippen LogP contribution in [0, 0.1) is 0 Å². The Kier molecular flexibility index (Phi) is 8.39. The molecular formula is C17H22N4O2S3. The molecule has 0 spiro atoms. The van der Waals surface area contributed by atoms with E-state index < -0.39 is 0 Å². The van der Waals surface area contributed by atoms with E-state index >= 15 is 0 Å². The number of hydrogen-bond acceptors (Lipinski definition) is 5. The molecule has 4 N–H and O–H groups in total. The molecule has 0 radical (unpaired) electrons. The third-order valence-corrected chi connectivity index (χ3v) is 4.81. The zero-order valence-corrected chi connectivity index (χ0v) is 17.1. The molecule has 0 saturated heterocycles. The first-order valence-corrected chi connectivity index (χ1v) is 9.63. The van der Waals surface area contributed by atoms with Crippen molar-refractivity contribution in [2.45, 2.75) is 13.0 Å². The smallest absolute Gasteiger partial charge is 0.185 e. The molecule has 9 heteroatoms. The molecule has 0 aliphatic carbocycles. The highest BCUT2D eigenvalue weighted by Gasteiger charge is 2.05. The molecule has 0 aliphatic rings. The first-order valence-electron chi connectivity index (χ1n) is 7.93. The average Bonchev–Trinajstić information content (AvgIpc) is 3.18. The van der Waals surface area contributed by atoms with Gasteiger partial charge in [0.25, 0.3) is 0 Å². The average molecular weight is 411 g/mol. The summed E-state index contributed by atoms with van der Waals surface area (Å²) >= 11 is 12.1. The van der Waals surface area contributed by atoms with E-state index in [4.69, 9.17) is 33.9 Å². The highest BCUT2D eigenvalue weighted by atomic mass is 32.1. The lowest BCUT2D eigenvalue weighted by molar-refractivity contribution is 0.354. The highest BCUT2D eigenvalue weighted by molar-refractivity contribution is 7.80. The van der Waals surface area contributed by atoms with Crippen molar-refractivity contribution >= 4 is 46.0 Å². The number of rotatable bonds is 7. The summed E-state index contributed by atoms with van der Waals surface area (Å²) in [6.07, 6.45) is 0.795. The molecule has 6 nitrogen and oxygen atoms in total. The number of hydrogen-bond donors (Lipinski definition) is 4. The predicted molar refractivity (Wildman–Crippen MR) is 114 cm³/mol. The zero-order valence-electron chi connectivity index (χ0n) is 14.6. The van der Waals surface area contributed by atoms with Gasteiger partial charge in [0.15, 0.2) is 21.7 Å². The number of nitrogens with one attached hydrogen (secondary N) is 4. The van der Waals surface area contributed by atoms with Crippen LogP contribution in [0.3, 0.4) is 0 Å². The predicted octanol–water partition coefficient (Wildman–Crippen LogP) is 2.35. The third kappa shape index (κ3) is 6.66. The topological polar surface area (TPSA) is 66.6 Å². The molecule has 2 rings (SSSR count). The number of methoxy groups -OCH3 is 2. The Morgan fingerprint density at radius 1 is 1.00 bits per heavy atom. The van der Waals surface area contributed by atoms with Crippen molar-refractivity contribution in [2.24, 2.45) is 0 Å². The van der Waals surface area contributed by atoms with Gasteiger partial charge in [0.1, 0.15) is 0 Å². The van der Waals surface area contributed by atoms with Crippen LogP contribution in [0.25, 0.3) is 0 Å². The SMILES string of the molecule is COc1ccc(CCNC(=S)NNC(=S)NCc2cccs2)cc1OC. The minimum absolute atomic E-state index is 0.478. The van der Waals surface area contributed by atoms with Gasteiger partial charge in [-0.2, -0.15) is 0 Å². The lowest BCUT2D eigenvalue weighted by Crippen LogP contribution is -2.50. The van der Waals surface area contributed by atoms with Crippen molar-refractivity contribution in [3.05, 3.63) is 46.2 Å². The fourth-order valence-electron chi connectivity index (χ4n) is 2.14. The Morgan fingerprint density at radius 3 is 2.38 bits per heavy atom. The summed E-state index contributed by atoms with van der Waals surface area (Å²) in [5.41, 5.74) is 6.85. The first-order chi connectivity index (χ1) is 12.6. The molecule has 1 aromatic carbocycles.